The molecule has 0 fully saturated rings. The summed E-state index contributed by atoms with van der Waals surface area (Å²) in [6, 6.07) is 5.80. The molecule has 0 radical (unpaired) electrons. The molecule has 0 unspecified atom stereocenters. The maximum Gasteiger partial charge on any atom is 0.170 e. The summed E-state index contributed by atoms with van der Waals surface area (Å²) < 4.78 is 11.5. The summed E-state index contributed by atoms with van der Waals surface area (Å²) in [7, 11) is 0. The third-order valence-electron chi connectivity index (χ3n) is 2.66. The number of ether oxygens (including phenoxy) is 2. The van der Waals surface area contributed by atoms with Crippen LogP contribution >= 0.6 is 12.2 Å². The van der Waals surface area contributed by atoms with Gasteiger partial charge >= 0.3 is 0 Å². The molecule has 0 aliphatic heterocycles. The molecule has 1 aromatic carbocycles. The molecule has 1 rings (SSSR count). The van der Waals surface area contributed by atoms with Crippen LogP contribution in [-0.2, 0) is 0 Å². The second kappa shape index (κ2) is 10.3. The highest BCUT2D eigenvalue weighted by Crippen LogP contribution is 2.30. The van der Waals surface area contributed by atoms with Gasteiger partial charge in [-0.2, -0.15) is 0 Å². The van der Waals surface area contributed by atoms with E-state index in [0.29, 0.717) is 18.3 Å². The number of rotatable bonds is 9. The van der Waals surface area contributed by atoms with E-state index in [1.165, 1.54) is 0 Å². The lowest BCUT2D eigenvalue weighted by Gasteiger charge is -2.15. The van der Waals surface area contributed by atoms with Crippen LogP contribution in [0.1, 0.15) is 40.0 Å². The van der Waals surface area contributed by atoms with Crippen molar-refractivity contribution in [2.24, 2.45) is 0 Å². The molecule has 0 saturated carbocycles. The standard InChI is InChI=1S/C16H26N2O2S/c1-4-9-17-16(21)18-13-7-8-14(19-10-5-2)15(12-13)20-11-6-3/h7-8,12H,4-6,9-11H2,1-3H3,(H2,17,18,21). The van der Waals surface area contributed by atoms with E-state index in [2.05, 4.69) is 31.4 Å². The Morgan fingerprint density at radius 3 is 2.29 bits per heavy atom. The fourth-order valence-corrected chi connectivity index (χ4v) is 1.88. The van der Waals surface area contributed by atoms with Crippen LogP contribution in [0, 0.1) is 0 Å². The molecule has 0 amide bonds. The Labute approximate surface area is 133 Å². The predicted molar refractivity (Wildman–Crippen MR) is 92.5 cm³/mol. The SMILES string of the molecule is CCCNC(=S)Nc1ccc(OCCC)c(OCCC)c1. The number of thiocarbonyl (C=S) groups is 1. The first-order valence-corrected chi connectivity index (χ1v) is 8.06. The highest BCUT2D eigenvalue weighted by molar-refractivity contribution is 7.80. The van der Waals surface area contributed by atoms with Gasteiger partial charge in [0.25, 0.3) is 0 Å². The fraction of sp³-hybridized carbons (Fsp3) is 0.562. The summed E-state index contributed by atoms with van der Waals surface area (Å²) in [5, 5.41) is 6.93. The van der Waals surface area contributed by atoms with Crippen LogP contribution in [-0.4, -0.2) is 24.9 Å². The lowest BCUT2D eigenvalue weighted by molar-refractivity contribution is 0.268. The smallest absolute Gasteiger partial charge is 0.170 e. The van der Waals surface area contributed by atoms with Crippen LogP contribution in [0.2, 0.25) is 0 Å². The second-order valence-corrected chi connectivity index (χ2v) is 5.15. The van der Waals surface area contributed by atoms with Gasteiger partial charge < -0.3 is 20.1 Å². The minimum Gasteiger partial charge on any atom is -0.490 e. The van der Waals surface area contributed by atoms with Gasteiger partial charge in [-0.05, 0) is 43.6 Å². The molecular weight excluding hydrogens is 284 g/mol. The third kappa shape index (κ3) is 6.67. The molecule has 0 saturated heterocycles. The first-order valence-electron chi connectivity index (χ1n) is 7.65. The molecule has 0 heterocycles. The molecule has 118 valence electrons. The molecule has 5 heteroatoms. The van der Waals surface area contributed by atoms with Crippen molar-refractivity contribution in [3.05, 3.63) is 18.2 Å². The molecule has 0 aliphatic carbocycles. The quantitative estimate of drug-likeness (QED) is 0.676. The molecule has 1 aromatic rings. The highest BCUT2D eigenvalue weighted by atomic mass is 32.1. The Morgan fingerprint density at radius 2 is 1.67 bits per heavy atom. The Balaban J connectivity index is 2.74. The first-order chi connectivity index (χ1) is 10.2. The van der Waals surface area contributed by atoms with Crippen LogP contribution in [0.3, 0.4) is 0 Å². The summed E-state index contributed by atoms with van der Waals surface area (Å²) in [5.74, 6) is 1.54. The molecule has 4 nitrogen and oxygen atoms in total. The number of hydrogen-bond acceptors (Lipinski definition) is 3. The molecule has 0 bridgehead atoms. The summed E-state index contributed by atoms with van der Waals surface area (Å²) in [4.78, 5) is 0. The predicted octanol–water partition coefficient (Wildman–Crippen LogP) is 3.96. The second-order valence-electron chi connectivity index (χ2n) is 4.74. The summed E-state index contributed by atoms with van der Waals surface area (Å²) in [6.07, 6.45) is 2.97. The minimum atomic E-state index is 0.625. The van der Waals surface area contributed by atoms with Crippen LogP contribution in [0.5, 0.6) is 11.5 Å². The Morgan fingerprint density at radius 1 is 1.00 bits per heavy atom. The van der Waals surface area contributed by atoms with Crippen LogP contribution in [0.25, 0.3) is 0 Å². The van der Waals surface area contributed by atoms with Crippen LogP contribution in [0.4, 0.5) is 5.69 Å². The van der Waals surface area contributed by atoms with Crippen molar-refractivity contribution < 1.29 is 9.47 Å². The molecule has 21 heavy (non-hydrogen) atoms. The van der Waals surface area contributed by atoms with Gasteiger partial charge in [-0.3, -0.25) is 0 Å². The van der Waals surface area contributed by atoms with E-state index in [1.807, 2.05) is 18.2 Å². The van der Waals surface area contributed by atoms with Gasteiger partial charge in [-0.1, -0.05) is 20.8 Å². The first kappa shape index (κ1) is 17.6. The topological polar surface area (TPSA) is 42.5 Å². The van der Waals surface area contributed by atoms with Gasteiger partial charge in [0.05, 0.1) is 13.2 Å². The van der Waals surface area contributed by atoms with E-state index in [0.717, 1.165) is 43.0 Å². The van der Waals surface area contributed by atoms with Gasteiger partial charge in [-0.25, -0.2) is 0 Å². The average molecular weight is 310 g/mol. The van der Waals surface area contributed by atoms with Crippen molar-refractivity contribution in [3.8, 4) is 11.5 Å². The molecule has 0 aliphatic rings. The highest BCUT2D eigenvalue weighted by Gasteiger charge is 2.07. The van der Waals surface area contributed by atoms with Crippen LogP contribution < -0.4 is 20.1 Å². The van der Waals surface area contributed by atoms with E-state index in [9.17, 15) is 0 Å². The van der Waals surface area contributed by atoms with E-state index in [4.69, 9.17) is 21.7 Å². The number of anilines is 1. The molecular formula is C16H26N2O2S. The van der Waals surface area contributed by atoms with Crippen molar-refractivity contribution in [1.29, 1.82) is 0 Å². The van der Waals surface area contributed by atoms with Crippen molar-refractivity contribution in [1.82, 2.24) is 5.32 Å². The van der Waals surface area contributed by atoms with E-state index < -0.39 is 0 Å². The van der Waals surface area contributed by atoms with E-state index in [1.54, 1.807) is 0 Å². The zero-order chi connectivity index (χ0) is 15.5. The Bertz CT molecular complexity index is 438. The van der Waals surface area contributed by atoms with Gasteiger partial charge in [0.1, 0.15) is 0 Å². The summed E-state index contributed by atoms with van der Waals surface area (Å²) in [5.41, 5.74) is 0.901. The lowest BCUT2D eigenvalue weighted by atomic mass is 10.2. The van der Waals surface area contributed by atoms with Crippen molar-refractivity contribution >= 4 is 23.0 Å². The molecule has 0 aromatic heterocycles. The largest absolute Gasteiger partial charge is 0.490 e. The van der Waals surface area contributed by atoms with Crippen molar-refractivity contribution in [2.75, 3.05) is 25.1 Å². The number of benzene rings is 1. The minimum absolute atomic E-state index is 0.625. The summed E-state index contributed by atoms with van der Waals surface area (Å²) >= 11 is 5.24. The fourth-order valence-electron chi connectivity index (χ4n) is 1.66. The summed E-state index contributed by atoms with van der Waals surface area (Å²) in [6.45, 7) is 8.49. The van der Waals surface area contributed by atoms with Crippen LogP contribution in [0.15, 0.2) is 18.2 Å². The molecule has 0 atom stereocenters. The van der Waals surface area contributed by atoms with Gasteiger partial charge in [-0.15, -0.1) is 0 Å². The van der Waals surface area contributed by atoms with Crippen molar-refractivity contribution in [2.45, 2.75) is 40.0 Å². The van der Waals surface area contributed by atoms with E-state index >= 15 is 0 Å². The zero-order valence-electron chi connectivity index (χ0n) is 13.2. The molecule has 2 N–H and O–H groups in total. The van der Waals surface area contributed by atoms with E-state index in [-0.39, 0.29) is 0 Å². The zero-order valence-corrected chi connectivity index (χ0v) is 14.0. The molecule has 0 spiro atoms. The Hall–Kier alpha value is -1.49. The normalized spacial score (nSPS) is 10.0. The lowest BCUT2D eigenvalue weighted by Crippen LogP contribution is -2.28. The van der Waals surface area contributed by atoms with Crippen molar-refractivity contribution in [3.63, 3.8) is 0 Å². The Kier molecular flexibility index (Phi) is 8.59. The maximum atomic E-state index is 5.76. The van der Waals surface area contributed by atoms with Gasteiger partial charge in [0, 0.05) is 18.3 Å². The van der Waals surface area contributed by atoms with Gasteiger partial charge in [0.2, 0.25) is 0 Å². The van der Waals surface area contributed by atoms with Gasteiger partial charge in [0.15, 0.2) is 16.6 Å². The number of hydrogen-bond donors (Lipinski definition) is 2. The maximum absolute atomic E-state index is 5.76. The monoisotopic (exact) mass is 310 g/mol. The number of nitrogens with one attached hydrogen (secondary N) is 2. The average Bonchev–Trinajstić information content (AvgIpc) is 2.49. The third-order valence-corrected chi connectivity index (χ3v) is 2.91.